The van der Waals surface area contributed by atoms with Crippen LogP contribution in [0.15, 0.2) is 88.6 Å². The number of carbonyl (C=O) groups excluding carboxylic acids is 2. The molecule has 16 heteroatoms. The third-order valence-electron chi connectivity index (χ3n) is 13.2. The van der Waals surface area contributed by atoms with E-state index in [1.807, 2.05) is 60.7 Å². The molecule has 4 aromatic carbocycles. The number of hydrogen-bond acceptors (Lipinski definition) is 14. The van der Waals surface area contributed by atoms with Gasteiger partial charge in [0.15, 0.2) is 28.6 Å². The number of ether oxygens (including phenoxy) is 6. The van der Waals surface area contributed by atoms with Gasteiger partial charge in [-0.1, -0.05) is 37.3 Å². The molecule has 1 saturated heterocycles. The maximum absolute atomic E-state index is 14.0. The SMILES string of the molecule is CC[C@@]1(O)C(=O)OCc2c1cc1n(c2=O)Cc2c-1nc1ccccc1c2C=Nc1ccccc1N[C@@H]1c2cc3c(cc2[C@@H](c2cc(OC)c(O)c(OC)c2)[C@H]2C(=O)OC[C@@H]21)OCO3.Cl. The number of esters is 2. The number of rotatable bonds is 8. The molecule has 326 valence electrons. The van der Waals surface area contributed by atoms with Crippen molar-refractivity contribution in [3.8, 4) is 40.1 Å². The largest absolute Gasteiger partial charge is 0.502 e. The number of aliphatic imine (C=N–C) groups is 1. The molecule has 0 amide bonds. The topological polar surface area (TPSA) is 189 Å². The third-order valence-corrected chi connectivity index (χ3v) is 13.2. The Hall–Kier alpha value is -7.10. The number of carbonyl (C=O) groups is 2. The first kappa shape index (κ1) is 40.9. The van der Waals surface area contributed by atoms with Crippen LogP contribution in [-0.4, -0.2) is 65.5 Å². The lowest BCUT2D eigenvalue weighted by Gasteiger charge is -2.40. The van der Waals surface area contributed by atoms with E-state index in [0.717, 1.165) is 27.6 Å². The van der Waals surface area contributed by atoms with E-state index in [4.69, 9.17) is 38.4 Å². The lowest BCUT2D eigenvalue weighted by molar-refractivity contribution is -0.172. The average Bonchev–Trinajstić information content (AvgIpc) is 4.03. The molecular formula is C48H41ClN4O11. The van der Waals surface area contributed by atoms with Crippen molar-refractivity contribution in [2.75, 3.05) is 32.9 Å². The summed E-state index contributed by atoms with van der Waals surface area (Å²) in [6, 6.07) is 23.9. The van der Waals surface area contributed by atoms with Crippen LogP contribution in [0.1, 0.15) is 64.2 Å². The van der Waals surface area contributed by atoms with Crippen LogP contribution in [0.25, 0.3) is 22.3 Å². The summed E-state index contributed by atoms with van der Waals surface area (Å²) in [6.07, 6.45) is 1.82. The van der Waals surface area contributed by atoms with Crippen molar-refractivity contribution in [1.82, 2.24) is 9.55 Å². The molecule has 4 aliphatic heterocycles. The van der Waals surface area contributed by atoms with E-state index in [9.17, 15) is 24.6 Å². The molecule has 0 radical (unpaired) electrons. The first-order valence-corrected chi connectivity index (χ1v) is 20.6. The van der Waals surface area contributed by atoms with Gasteiger partial charge < -0.3 is 48.5 Å². The van der Waals surface area contributed by atoms with Gasteiger partial charge >= 0.3 is 11.9 Å². The number of nitrogens with zero attached hydrogens (tertiary/aromatic N) is 3. The number of phenols is 1. The van der Waals surface area contributed by atoms with E-state index < -0.39 is 29.4 Å². The van der Waals surface area contributed by atoms with E-state index in [2.05, 4.69) is 5.32 Å². The van der Waals surface area contributed by atoms with Crippen molar-refractivity contribution in [2.24, 2.45) is 16.8 Å². The zero-order valence-electron chi connectivity index (χ0n) is 34.7. The lowest BCUT2D eigenvalue weighted by atomic mass is 9.65. The summed E-state index contributed by atoms with van der Waals surface area (Å²) in [6.45, 7) is 1.85. The minimum Gasteiger partial charge on any atom is -0.502 e. The molecule has 6 heterocycles. The van der Waals surface area contributed by atoms with Crippen molar-refractivity contribution >= 4 is 52.8 Å². The van der Waals surface area contributed by atoms with Gasteiger partial charge in [0.25, 0.3) is 5.56 Å². The number of nitrogens with one attached hydrogen (secondary N) is 1. The highest BCUT2D eigenvalue weighted by atomic mass is 35.5. The molecule has 5 aliphatic rings. The van der Waals surface area contributed by atoms with Crippen LogP contribution in [-0.2, 0) is 37.8 Å². The molecule has 1 fully saturated rings. The number of phenolic OH excluding ortho intramolecular Hbond substituents is 1. The zero-order chi connectivity index (χ0) is 43.3. The summed E-state index contributed by atoms with van der Waals surface area (Å²) in [5, 5.41) is 26.8. The summed E-state index contributed by atoms with van der Waals surface area (Å²) in [5.74, 6) is -1.24. The summed E-state index contributed by atoms with van der Waals surface area (Å²) in [7, 11) is 2.92. The number of halogens is 1. The highest BCUT2D eigenvalue weighted by molar-refractivity contribution is 6.03. The lowest BCUT2D eigenvalue weighted by Crippen LogP contribution is -2.44. The minimum atomic E-state index is -1.95. The number of para-hydroxylation sites is 3. The first-order chi connectivity index (χ1) is 30.6. The summed E-state index contributed by atoms with van der Waals surface area (Å²) in [4.78, 5) is 50.8. The van der Waals surface area contributed by atoms with Crippen LogP contribution >= 0.6 is 12.4 Å². The molecule has 11 rings (SSSR count). The Balaban J connectivity index is 0.00000484. The summed E-state index contributed by atoms with van der Waals surface area (Å²) in [5.41, 5.74) is 5.15. The molecule has 6 aromatic rings. The van der Waals surface area contributed by atoms with Crippen LogP contribution in [0.3, 0.4) is 0 Å². The van der Waals surface area contributed by atoms with E-state index in [1.165, 1.54) is 14.2 Å². The second-order valence-electron chi connectivity index (χ2n) is 16.3. The van der Waals surface area contributed by atoms with Crippen LogP contribution in [0.4, 0.5) is 11.4 Å². The second kappa shape index (κ2) is 15.3. The van der Waals surface area contributed by atoms with Gasteiger partial charge in [0.05, 0.1) is 73.2 Å². The summed E-state index contributed by atoms with van der Waals surface area (Å²) >= 11 is 0. The number of fused-ring (bicyclic) bond motifs is 8. The molecule has 5 atom stereocenters. The quantitative estimate of drug-likeness (QED) is 0.107. The highest BCUT2D eigenvalue weighted by Gasteiger charge is 2.53. The Kier molecular flexibility index (Phi) is 9.79. The second-order valence-corrected chi connectivity index (χ2v) is 16.3. The Morgan fingerprint density at radius 3 is 2.39 bits per heavy atom. The van der Waals surface area contributed by atoms with E-state index in [1.54, 1.807) is 35.9 Å². The Bertz CT molecular complexity index is 3040. The molecule has 0 bridgehead atoms. The van der Waals surface area contributed by atoms with Crippen molar-refractivity contribution in [1.29, 1.82) is 0 Å². The van der Waals surface area contributed by atoms with Gasteiger partial charge in [0.1, 0.15) is 6.61 Å². The van der Waals surface area contributed by atoms with Gasteiger partial charge in [-0.2, -0.15) is 0 Å². The molecule has 3 N–H and O–H groups in total. The van der Waals surface area contributed by atoms with E-state index >= 15 is 0 Å². The summed E-state index contributed by atoms with van der Waals surface area (Å²) < 4.78 is 35.6. The van der Waals surface area contributed by atoms with Gasteiger partial charge in [0.2, 0.25) is 12.5 Å². The van der Waals surface area contributed by atoms with Gasteiger partial charge in [-0.25, -0.2) is 9.78 Å². The number of hydrogen-bond donors (Lipinski definition) is 3. The predicted octanol–water partition coefficient (Wildman–Crippen LogP) is 6.79. The zero-order valence-corrected chi connectivity index (χ0v) is 35.6. The van der Waals surface area contributed by atoms with Gasteiger partial charge in [-0.3, -0.25) is 14.6 Å². The number of benzene rings is 4. The maximum atomic E-state index is 14.0. The number of aromatic hydroxyl groups is 1. The number of cyclic esters (lactones) is 2. The number of aliphatic hydroxyl groups is 1. The molecular weight excluding hydrogens is 844 g/mol. The molecule has 0 spiro atoms. The van der Waals surface area contributed by atoms with Crippen molar-refractivity contribution in [2.45, 2.75) is 44.1 Å². The van der Waals surface area contributed by atoms with Crippen molar-refractivity contribution in [3.63, 3.8) is 0 Å². The monoisotopic (exact) mass is 884 g/mol. The fraction of sp³-hybridized carbons (Fsp3) is 0.271. The Morgan fingerprint density at radius 1 is 0.922 bits per heavy atom. The Labute approximate surface area is 371 Å². The van der Waals surface area contributed by atoms with Crippen LogP contribution < -0.4 is 29.8 Å². The molecule has 15 nitrogen and oxygen atoms in total. The van der Waals surface area contributed by atoms with Gasteiger partial charge in [0, 0.05) is 40.1 Å². The van der Waals surface area contributed by atoms with Gasteiger partial charge in [-0.15, -0.1) is 12.4 Å². The number of aromatic nitrogens is 2. The van der Waals surface area contributed by atoms with Crippen LogP contribution in [0, 0.1) is 11.8 Å². The normalized spacial score (nSPS) is 22.1. The molecule has 0 unspecified atom stereocenters. The standard InChI is InChI=1S/C48H40N4O11.ClH/c1-4-48(57)31-17-35-43-28(19-52(35)45(54)29(31)20-61-47(48)56)27(24-9-5-6-10-32(24)50-43)18-49-33-11-7-8-12-34(33)51-42-26-16-37-36(62-22-63-37)15-25(26)40(41-30(42)21-60-46(41)55)23-13-38(58-2)44(53)39(14-23)59-3;/h5-18,30,40-42,51,53,57H,4,19-22H2,1-3H3;1H/t30-,40+,41-,42+,48-;/m0./s1. The minimum absolute atomic E-state index is 0. The molecule has 2 aromatic heterocycles. The smallest absolute Gasteiger partial charge is 0.343 e. The fourth-order valence-electron chi connectivity index (χ4n) is 10.1. The molecule has 1 aliphatic carbocycles. The number of pyridine rings is 2. The van der Waals surface area contributed by atoms with Gasteiger partial charge in [-0.05, 0) is 71.6 Å². The van der Waals surface area contributed by atoms with Crippen LogP contribution in [0.5, 0.6) is 28.7 Å². The Morgan fingerprint density at radius 2 is 1.64 bits per heavy atom. The predicted molar refractivity (Wildman–Crippen MR) is 235 cm³/mol. The van der Waals surface area contributed by atoms with Crippen LogP contribution in [0.2, 0.25) is 0 Å². The number of methoxy groups -OCH3 is 2. The first-order valence-electron chi connectivity index (χ1n) is 20.6. The third kappa shape index (κ3) is 6.01. The highest BCUT2D eigenvalue weighted by Crippen LogP contribution is 2.56. The van der Waals surface area contributed by atoms with E-state index in [0.29, 0.717) is 45.3 Å². The van der Waals surface area contributed by atoms with Crippen molar-refractivity contribution < 1.29 is 48.2 Å². The number of anilines is 1. The van der Waals surface area contributed by atoms with E-state index in [-0.39, 0.29) is 91.2 Å². The fourth-order valence-corrected chi connectivity index (χ4v) is 10.1. The molecule has 0 saturated carbocycles. The molecule has 64 heavy (non-hydrogen) atoms. The van der Waals surface area contributed by atoms with Crippen molar-refractivity contribution in [3.05, 3.63) is 128 Å². The maximum Gasteiger partial charge on any atom is 0.343 e. The average molecular weight is 885 g/mol.